The molecule has 0 amide bonds. The number of carbonyl (C=O) groups excluding carboxylic acids is 4. The fourth-order valence-electron chi connectivity index (χ4n) is 11.0. The van der Waals surface area contributed by atoms with Crippen LogP contribution in [0, 0.1) is 17.8 Å². The highest BCUT2D eigenvalue weighted by Gasteiger charge is 2.30. The third-order valence-corrected chi connectivity index (χ3v) is 19.1. The number of hydrogen-bond acceptors (Lipinski definition) is 15. The van der Waals surface area contributed by atoms with Crippen molar-refractivity contribution in [3.63, 3.8) is 0 Å². The fourth-order valence-corrected chi connectivity index (χ4v) is 12.6. The number of aliphatic hydroxyl groups excluding tert-OH is 1. The minimum atomic E-state index is -4.96. The first-order valence-corrected chi connectivity index (χ1v) is 40.9. The number of ether oxygens (including phenoxy) is 4. The summed E-state index contributed by atoms with van der Waals surface area (Å²) in [6.45, 7) is 11.8. The zero-order valence-electron chi connectivity index (χ0n) is 60.0. The van der Waals surface area contributed by atoms with Crippen LogP contribution < -0.4 is 0 Å². The lowest BCUT2D eigenvalue weighted by Crippen LogP contribution is -2.30. The van der Waals surface area contributed by atoms with Gasteiger partial charge in [0.05, 0.1) is 26.4 Å². The van der Waals surface area contributed by atoms with E-state index in [-0.39, 0.29) is 25.7 Å². The Labute approximate surface area is 562 Å². The van der Waals surface area contributed by atoms with Gasteiger partial charge in [-0.2, -0.15) is 0 Å². The second-order valence-electron chi connectivity index (χ2n) is 27.5. The Hall–Kier alpha value is -1.94. The van der Waals surface area contributed by atoms with E-state index in [2.05, 4.69) is 48.5 Å². The first kappa shape index (κ1) is 90.1. The van der Waals surface area contributed by atoms with E-state index >= 15 is 0 Å². The van der Waals surface area contributed by atoms with Crippen LogP contribution in [0.4, 0.5) is 0 Å². The van der Waals surface area contributed by atoms with Crippen LogP contribution >= 0.6 is 15.6 Å². The maximum atomic E-state index is 13.1. The van der Waals surface area contributed by atoms with E-state index in [0.29, 0.717) is 31.6 Å². The predicted octanol–water partition coefficient (Wildman–Crippen LogP) is 21.0. The van der Waals surface area contributed by atoms with Gasteiger partial charge in [0.2, 0.25) is 0 Å². The first-order chi connectivity index (χ1) is 44.3. The summed E-state index contributed by atoms with van der Waals surface area (Å²) < 4.78 is 68.4. The van der Waals surface area contributed by atoms with E-state index < -0.39 is 97.5 Å². The summed E-state index contributed by atoms with van der Waals surface area (Å²) in [4.78, 5) is 72.7. The van der Waals surface area contributed by atoms with Gasteiger partial charge in [0.15, 0.2) is 12.2 Å². The smallest absolute Gasteiger partial charge is 0.462 e. The third kappa shape index (κ3) is 65.4. The molecule has 17 nitrogen and oxygen atoms in total. The number of rotatable bonds is 71. The number of phosphoric ester groups is 2. The van der Waals surface area contributed by atoms with E-state index in [0.717, 1.165) is 108 Å². The van der Waals surface area contributed by atoms with Crippen LogP contribution in [0.5, 0.6) is 0 Å². The number of esters is 4. The lowest BCUT2D eigenvalue weighted by Gasteiger charge is -2.21. The van der Waals surface area contributed by atoms with Crippen molar-refractivity contribution in [3.05, 3.63) is 0 Å². The van der Waals surface area contributed by atoms with Crippen LogP contribution in [-0.4, -0.2) is 96.7 Å². The quantitative estimate of drug-likeness (QED) is 0.0222. The standard InChI is InChI=1S/C73H142O17P2/c1-8-10-11-12-13-14-15-16-17-18-19-22-26-34-42-49-56-72(77)89-68(60-83-70(75)54-47-40-33-25-23-20-21-24-30-37-44-51-64(3)4)62-87-91(79,80)85-58-67(74)59-86-92(81,82)88-63-69(61-84-71(76)55-48-41-36-29-31-38-45-52-65(5)6)90-73(78)57-50-43-35-28-27-32-39-46-53-66(7)9-2/h64-69,74H,8-63H2,1-7H3,(H,79,80)(H,81,82)/t66?,67-,68-,69-/m1/s1. The predicted molar refractivity (Wildman–Crippen MR) is 372 cm³/mol. The molecule has 3 unspecified atom stereocenters. The minimum Gasteiger partial charge on any atom is -0.462 e. The molecule has 19 heteroatoms. The van der Waals surface area contributed by atoms with E-state index in [1.807, 2.05) is 0 Å². The minimum absolute atomic E-state index is 0.104. The number of aliphatic hydroxyl groups is 1. The van der Waals surface area contributed by atoms with Crippen LogP contribution in [0.1, 0.15) is 370 Å². The molecular weight excluding hydrogens is 1210 g/mol. The van der Waals surface area contributed by atoms with E-state index in [1.54, 1.807) is 0 Å². The summed E-state index contributed by atoms with van der Waals surface area (Å²) >= 11 is 0. The van der Waals surface area contributed by atoms with Gasteiger partial charge in [0, 0.05) is 25.7 Å². The highest BCUT2D eigenvalue weighted by molar-refractivity contribution is 7.47. The van der Waals surface area contributed by atoms with Gasteiger partial charge < -0.3 is 33.8 Å². The van der Waals surface area contributed by atoms with Crippen molar-refractivity contribution >= 4 is 39.5 Å². The van der Waals surface area contributed by atoms with Crippen molar-refractivity contribution in [3.8, 4) is 0 Å². The Morgan fingerprint density at radius 2 is 0.554 bits per heavy atom. The zero-order valence-corrected chi connectivity index (χ0v) is 61.8. The molecule has 546 valence electrons. The Morgan fingerprint density at radius 3 is 0.826 bits per heavy atom. The van der Waals surface area contributed by atoms with E-state index in [4.69, 9.17) is 37.0 Å². The lowest BCUT2D eigenvalue weighted by molar-refractivity contribution is -0.161. The summed E-state index contributed by atoms with van der Waals surface area (Å²) in [7, 11) is -9.91. The molecule has 0 radical (unpaired) electrons. The lowest BCUT2D eigenvalue weighted by atomic mass is 9.99. The average Bonchev–Trinajstić information content (AvgIpc) is 2.97. The van der Waals surface area contributed by atoms with Gasteiger partial charge in [-0.1, -0.05) is 318 Å². The molecule has 0 fully saturated rings. The number of unbranched alkanes of at least 4 members (excludes halogenated alkanes) is 38. The number of hydrogen-bond donors (Lipinski definition) is 3. The molecule has 92 heavy (non-hydrogen) atoms. The molecule has 0 aromatic heterocycles. The molecule has 0 spiro atoms. The Balaban J connectivity index is 5.26. The summed E-state index contributed by atoms with van der Waals surface area (Å²) in [5.74, 6) is 0.122. The van der Waals surface area contributed by atoms with Crippen molar-refractivity contribution in [2.24, 2.45) is 17.8 Å². The molecule has 0 aromatic rings. The Bertz CT molecular complexity index is 1800. The molecule has 0 aliphatic rings. The van der Waals surface area contributed by atoms with Crippen molar-refractivity contribution in [1.29, 1.82) is 0 Å². The molecular formula is C73H142O17P2. The molecule has 0 rings (SSSR count). The van der Waals surface area contributed by atoms with Crippen LogP contribution in [-0.2, 0) is 65.4 Å². The van der Waals surface area contributed by atoms with Gasteiger partial charge in [-0.25, -0.2) is 9.13 Å². The Kier molecular flexibility index (Phi) is 62.4. The van der Waals surface area contributed by atoms with E-state index in [1.165, 1.54) is 173 Å². The maximum absolute atomic E-state index is 13.1. The largest absolute Gasteiger partial charge is 0.472 e. The van der Waals surface area contributed by atoms with Gasteiger partial charge in [0.25, 0.3) is 0 Å². The highest BCUT2D eigenvalue weighted by Crippen LogP contribution is 2.45. The molecule has 0 aliphatic heterocycles. The van der Waals surface area contributed by atoms with Crippen LogP contribution in [0.2, 0.25) is 0 Å². The first-order valence-electron chi connectivity index (χ1n) is 37.9. The molecule has 0 heterocycles. The van der Waals surface area contributed by atoms with Crippen LogP contribution in [0.25, 0.3) is 0 Å². The normalized spacial score (nSPS) is 14.4. The SMILES string of the molecule is CCCCCCCCCCCCCCCCCCC(=O)O[C@H](COC(=O)CCCCCCCCCCCCCC(C)C)COP(=O)(O)OC[C@@H](O)COP(=O)(O)OC[C@@H](COC(=O)CCCCCCCCCC(C)C)OC(=O)CCCCCCCCCCC(C)CC. The van der Waals surface area contributed by atoms with Crippen molar-refractivity contribution in [1.82, 2.24) is 0 Å². The number of carbonyl (C=O) groups is 4. The molecule has 0 aromatic carbocycles. The second kappa shape index (κ2) is 63.8. The third-order valence-electron chi connectivity index (χ3n) is 17.2. The summed E-state index contributed by atoms with van der Waals surface area (Å²) in [6.07, 6.45) is 48.6. The van der Waals surface area contributed by atoms with Crippen molar-refractivity contribution in [2.45, 2.75) is 388 Å². The maximum Gasteiger partial charge on any atom is 0.472 e. The summed E-state index contributed by atoms with van der Waals surface area (Å²) in [6, 6.07) is 0. The van der Waals surface area contributed by atoms with Gasteiger partial charge in [-0.05, 0) is 43.4 Å². The van der Waals surface area contributed by atoms with Crippen LogP contribution in [0.3, 0.4) is 0 Å². The van der Waals surface area contributed by atoms with Gasteiger partial charge >= 0.3 is 39.5 Å². The van der Waals surface area contributed by atoms with Gasteiger partial charge in [-0.3, -0.25) is 37.3 Å². The topological polar surface area (TPSA) is 237 Å². The molecule has 0 aliphatic carbocycles. The highest BCUT2D eigenvalue weighted by atomic mass is 31.2. The van der Waals surface area contributed by atoms with Gasteiger partial charge in [-0.15, -0.1) is 0 Å². The molecule has 6 atom stereocenters. The summed E-state index contributed by atoms with van der Waals surface area (Å²) in [5, 5.41) is 10.6. The fraction of sp³-hybridized carbons (Fsp3) is 0.945. The molecule has 0 saturated carbocycles. The molecule has 3 N–H and O–H groups in total. The monoisotopic (exact) mass is 1350 g/mol. The van der Waals surface area contributed by atoms with Crippen molar-refractivity contribution < 1.29 is 80.2 Å². The number of phosphoric acid groups is 2. The molecule has 0 saturated heterocycles. The molecule has 0 bridgehead atoms. The Morgan fingerprint density at radius 1 is 0.315 bits per heavy atom. The van der Waals surface area contributed by atoms with Gasteiger partial charge in [0.1, 0.15) is 19.3 Å². The summed E-state index contributed by atoms with van der Waals surface area (Å²) in [5.41, 5.74) is 0. The van der Waals surface area contributed by atoms with Crippen LogP contribution in [0.15, 0.2) is 0 Å². The van der Waals surface area contributed by atoms with Crippen molar-refractivity contribution in [2.75, 3.05) is 39.6 Å². The average molecular weight is 1350 g/mol. The second-order valence-corrected chi connectivity index (χ2v) is 30.4. The zero-order chi connectivity index (χ0) is 68.0. The van der Waals surface area contributed by atoms with E-state index in [9.17, 15) is 43.2 Å².